The van der Waals surface area contributed by atoms with Crippen LogP contribution in [-0.2, 0) is 6.54 Å². The SMILES string of the molecule is CCN(CC)CCNC(=O)c1[nH]c2cc(Cl)ccc2c1-c1c(-c2ccc(F)cc2)ncn1Cc1ccc(Cl)cc1. The van der Waals surface area contributed by atoms with Crippen molar-refractivity contribution in [3.05, 3.63) is 100 Å². The number of fused-ring (bicyclic) bond motifs is 1. The normalized spacial score (nSPS) is 11.4. The molecule has 0 spiro atoms. The highest BCUT2D eigenvalue weighted by Gasteiger charge is 2.26. The van der Waals surface area contributed by atoms with Crippen molar-refractivity contribution < 1.29 is 9.18 Å². The number of rotatable bonds is 10. The third-order valence-corrected chi connectivity index (χ3v) is 7.54. The molecule has 0 atom stereocenters. The van der Waals surface area contributed by atoms with Crippen molar-refractivity contribution in [2.45, 2.75) is 20.4 Å². The van der Waals surface area contributed by atoms with Crippen LogP contribution in [0.5, 0.6) is 0 Å². The monoisotopic (exact) mass is 577 g/mol. The summed E-state index contributed by atoms with van der Waals surface area (Å²) in [5.41, 5.74) is 4.99. The summed E-state index contributed by atoms with van der Waals surface area (Å²) in [6.45, 7) is 7.76. The van der Waals surface area contributed by atoms with Gasteiger partial charge in [0.1, 0.15) is 11.5 Å². The number of benzene rings is 3. The van der Waals surface area contributed by atoms with Crippen LogP contribution in [0.1, 0.15) is 29.9 Å². The summed E-state index contributed by atoms with van der Waals surface area (Å²) in [6.07, 6.45) is 1.75. The van der Waals surface area contributed by atoms with Gasteiger partial charge in [0.2, 0.25) is 0 Å². The Morgan fingerprint density at radius 2 is 1.70 bits per heavy atom. The molecule has 3 aromatic carbocycles. The van der Waals surface area contributed by atoms with E-state index in [1.54, 1.807) is 24.5 Å². The lowest BCUT2D eigenvalue weighted by Crippen LogP contribution is -2.35. The number of aromatic nitrogens is 3. The van der Waals surface area contributed by atoms with Gasteiger partial charge in [0, 0.05) is 51.7 Å². The lowest BCUT2D eigenvalue weighted by Gasteiger charge is -2.18. The van der Waals surface area contributed by atoms with Crippen LogP contribution in [0.4, 0.5) is 4.39 Å². The summed E-state index contributed by atoms with van der Waals surface area (Å²) >= 11 is 12.5. The Morgan fingerprint density at radius 1 is 1.00 bits per heavy atom. The summed E-state index contributed by atoms with van der Waals surface area (Å²) in [4.78, 5) is 24.0. The van der Waals surface area contributed by atoms with E-state index in [0.29, 0.717) is 40.1 Å². The second kappa shape index (κ2) is 12.3. The predicted octanol–water partition coefficient (Wildman–Crippen LogP) is 7.26. The number of H-pyrrole nitrogens is 1. The van der Waals surface area contributed by atoms with Crippen molar-refractivity contribution in [3.63, 3.8) is 0 Å². The molecule has 2 heterocycles. The van der Waals surface area contributed by atoms with Crippen LogP contribution in [0, 0.1) is 5.82 Å². The molecule has 206 valence electrons. The summed E-state index contributed by atoms with van der Waals surface area (Å²) < 4.78 is 15.8. The highest BCUT2D eigenvalue weighted by atomic mass is 35.5. The molecule has 5 aromatic rings. The van der Waals surface area contributed by atoms with E-state index >= 15 is 0 Å². The number of aromatic amines is 1. The average Bonchev–Trinajstić information content (AvgIpc) is 3.53. The highest BCUT2D eigenvalue weighted by Crippen LogP contribution is 2.39. The van der Waals surface area contributed by atoms with Gasteiger partial charge in [0.05, 0.1) is 17.7 Å². The van der Waals surface area contributed by atoms with Gasteiger partial charge in [-0.05, 0) is 67.2 Å². The summed E-state index contributed by atoms with van der Waals surface area (Å²) in [7, 11) is 0. The van der Waals surface area contributed by atoms with Gasteiger partial charge in [-0.3, -0.25) is 4.79 Å². The number of hydrogen-bond acceptors (Lipinski definition) is 3. The number of amides is 1. The number of nitrogens with zero attached hydrogens (tertiary/aromatic N) is 3. The van der Waals surface area contributed by atoms with Gasteiger partial charge in [0.15, 0.2) is 0 Å². The van der Waals surface area contributed by atoms with Gasteiger partial charge >= 0.3 is 0 Å². The van der Waals surface area contributed by atoms with Crippen molar-refractivity contribution in [3.8, 4) is 22.5 Å². The number of nitrogens with one attached hydrogen (secondary N) is 2. The minimum atomic E-state index is -0.332. The second-order valence-electron chi connectivity index (χ2n) is 9.55. The van der Waals surface area contributed by atoms with E-state index < -0.39 is 0 Å². The van der Waals surface area contributed by atoms with Gasteiger partial charge in [-0.1, -0.05) is 55.2 Å². The van der Waals surface area contributed by atoms with Crippen LogP contribution in [0.25, 0.3) is 33.4 Å². The van der Waals surface area contributed by atoms with E-state index in [0.717, 1.165) is 47.4 Å². The van der Waals surface area contributed by atoms with Crippen LogP contribution >= 0.6 is 23.2 Å². The van der Waals surface area contributed by atoms with E-state index in [-0.39, 0.29) is 11.7 Å². The minimum absolute atomic E-state index is 0.223. The minimum Gasteiger partial charge on any atom is -0.350 e. The number of imidazole rings is 1. The first-order valence-corrected chi connectivity index (χ1v) is 14.0. The third kappa shape index (κ3) is 5.92. The first-order valence-electron chi connectivity index (χ1n) is 13.3. The molecule has 0 bridgehead atoms. The largest absolute Gasteiger partial charge is 0.350 e. The molecule has 2 N–H and O–H groups in total. The lowest BCUT2D eigenvalue weighted by atomic mass is 10.0. The van der Waals surface area contributed by atoms with E-state index in [1.165, 1.54) is 12.1 Å². The molecule has 2 aromatic heterocycles. The molecule has 9 heteroatoms. The molecule has 0 fully saturated rings. The van der Waals surface area contributed by atoms with Gasteiger partial charge < -0.3 is 19.8 Å². The maximum absolute atomic E-state index is 13.8. The van der Waals surface area contributed by atoms with E-state index in [9.17, 15) is 9.18 Å². The molecule has 5 rings (SSSR count). The van der Waals surface area contributed by atoms with Crippen molar-refractivity contribution in [1.82, 2.24) is 24.8 Å². The molecule has 6 nitrogen and oxygen atoms in total. The molecular weight excluding hydrogens is 548 g/mol. The van der Waals surface area contributed by atoms with Gasteiger partial charge in [0.25, 0.3) is 5.91 Å². The summed E-state index contributed by atoms with van der Waals surface area (Å²) in [6, 6.07) is 19.3. The maximum Gasteiger partial charge on any atom is 0.268 e. The van der Waals surface area contributed by atoms with Gasteiger partial charge in [-0.2, -0.15) is 0 Å². The number of carbonyl (C=O) groups excluding carboxylic acids is 1. The van der Waals surface area contributed by atoms with Crippen molar-refractivity contribution >= 4 is 40.0 Å². The van der Waals surface area contributed by atoms with Crippen LogP contribution in [0.3, 0.4) is 0 Å². The van der Waals surface area contributed by atoms with E-state index in [1.807, 2.05) is 41.0 Å². The van der Waals surface area contributed by atoms with Gasteiger partial charge in [-0.25, -0.2) is 9.37 Å². The number of halogens is 3. The topological polar surface area (TPSA) is 66.0 Å². The zero-order valence-corrected chi connectivity index (χ0v) is 23.9. The first kappa shape index (κ1) is 27.9. The van der Waals surface area contributed by atoms with Crippen LogP contribution in [0.2, 0.25) is 10.0 Å². The van der Waals surface area contributed by atoms with Crippen molar-refractivity contribution in [1.29, 1.82) is 0 Å². The zero-order valence-electron chi connectivity index (χ0n) is 22.3. The smallest absolute Gasteiger partial charge is 0.268 e. The van der Waals surface area contributed by atoms with Crippen LogP contribution in [0.15, 0.2) is 73.1 Å². The number of likely N-dealkylation sites (N-methyl/N-ethyl adjacent to an activating group) is 1. The molecule has 0 aliphatic rings. The van der Waals surface area contributed by atoms with Crippen LogP contribution < -0.4 is 5.32 Å². The molecule has 0 saturated carbocycles. The fourth-order valence-electron chi connectivity index (χ4n) is 4.91. The number of hydrogen-bond donors (Lipinski definition) is 2. The van der Waals surface area contributed by atoms with Crippen molar-refractivity contribution in [2.75, 3.05) is 26.2 Å². The Balaban J connectivity index is 1.66. The summed E-state index contributed by atoms with van der Waals surface area (Å²) in [5, 5.41) is 5.12. The highest BCUT2D eigenvalue weighted by molar-refractivity contribution is 6.31. The predicted molar refractivity (Wildman–Crippen MR) is 161 cm³/mol. The molecule has 0 radical (unpaired) electrons. The standard InChI is InChI=1S/C31H30Cl2FN5O/c1-3-38(4-2)16-15-35-31(40)29-27(25-14-11-23(33)17-26(25)37-29)30-28(21-7-12-24(34)13-8-21)36-19-39(30)18-20-5-9-22(32)10-6-20/h5-14,17,19,37H,3-4,15-16,18H2,1-2H3,(H,35,40). The van der Waals surface area contributed by atoms with E-state index in [2.05, 4.69) is 29.0 Å². The first-order chi connectivity index (χ1) is 19.4. The Morgan fingerprint density at radius 3 is 2.40 bits per heavy atom. The fourth-order valence-corrected chi connectivity index (χ4v) is 5.21. The molecule has 0 saturated heterocycles. The molecule has 0 aliphatic heterocycles. The Bertz CT molecular complexity index is 1620. The Hall–Kier alpha value is -3.65. The molecule has 0 unspecified atom stereocenters. The molecule has 40 heavy (non-hydrogen) atoms. The quantitative estimate of drug-likeness (QED) is 0.183. The second-order valence-corrected chi connectivity index (χ2v) is 10.4. The third-order valence-electron chi connectivity index (χ3n) is 7.05. The van der Waals surface area contributed by atoms with E-state index in [4.69, 9.17) is 28.2 Å². The molecular formula is C31H30Cl2FN5O. The Kier molecular flexibility index (Phi) is 8.54. The lowest BCUT2D eigenvalue weighted by molar-refractivity contribution is 0.0945. The molecule has 0 aliphatic carbocycles. The summed E-state index contributed by atoms with van der Waals surface area (Å²) in [5.74, 6) is -0.556. The fraction of sp³-hybridized carbons (Fsp3) is 0.226. The molecule has 1 amide bonds. The van der Waals surface area contributed by atoms with Crippen LogP contribution in [-0.4, -0.2) is 51.5 Å². The maximum atomic E-state index is 13.8. The Labute approximate surface area is 242 Å². The van der Waals surface area contributed by atoms with Crippen molar-refractivity contribution in [2.24, 2.45) is 0 Å². The van der Waals surface area contributed by atoms with Gasteiger partial charge in [-0.15, -0.1) is 0 Å². The average molecular weight is 579 g/mol. The zero-order chi connectivity index (χ0) is 28.2. The number of carbonyl (C=O) groups is 1.